The number of carbonyl (C=O) groups excluding carboxylic acids is 1. The molecule has 0 aliphatic rings. The Labute approximate surface area is 185 Å². The third-order valence-corrected chi connectivity index (χ3v) is 6.14. The van der Waals surface area contributed by atoms with Gasteiger partial charge in [0.05, 0.1) is 24.1 Å². The fraction of sp³-hybridized carbons (Fsp3) is 0.208. The normalized spacial score (nSPS) is 10.9. The van der Waals surface area contributed by atoms with Crippen molar-refractivity contribution >= 4 is 23.2 Å². The second-order valence-electron chi connectivity index (χ2n) is 7.30. The Balaban J connectivity index is 1.42. The zero-order valence-electron chi connectivity index (χ0n) is 17.8. The van der Waals surface area contributed by atoms with Gasteiger partial charge in [-0.25, -0.2) is 9.50 Å². The van der Waals surface area contributed by atoms with Crippen molar-refractivity contribution in [1.29, 1.82) is 0 Å². The Bertz CT molecular complexity index is 1220. The van der Waals surface area contributed by atoms with Crippen LogP contribution in [0.5, 0.6) is 5.75 Å². The summed E-state index contributed by atoms with van der Waals surface area (Å²) in [4.78, 5) is 16.8. The lowest BCUT2D eigenvalue weighted by Crippen LogP contribution is -2.24. The highest BCUT2D eigenvalue weighted by Crippen LogP contribution is 2.27. The van der Waals surface area contributed by atoms with Crippen LogP contribution in [-0.2, 0) is 11.3 Å². The first-order valence-electron chi connectivity index (χ1n) is 9.98. The summed E-state index contributed by atoms with van der Waals surface area (Å²) >= 11 is 1.41. The van der Waals surface area contributed by atoms with Gasteiger partial charge in [-0.2, -0.15) is 5.10 Å². The maximum Gasteiger partial charge on any atom is 0.230 e. The minimum Gasteiger partial charge on any atom is -0.497 e. The van der Waals surface area contributed by atoms with Crippen molar-refractivity contribution in [2.75, 3.05) is 12.9 Å². The molecule has 0 fully saturated rings. The minimum atomic E-state index is -0.0430. The Kier molecular flexibility index (Phi) is 6.23. The molecule has 1 N–H and O–H groups in total. The van der Waals surface area contributed by atoms with Gasteiger partial charge in [0.15, 0.2) is 0 Å². The number of rotatable bonds is 7. The van der Waals surface area contributed by atoms with Crippen molar-refractivity contribution in [3.8, 4) is 17.0 Å². The van der Waals surface area contributed by atoms with Crippen LogP contribution >= 0.6 is 11.8 Å². The molecule has 4 aromatic rings. The molecule has 0 aliphatic heterocycles. The van der Waals surface area contributed by atoms with Crippen molar-refractivity contribution in [3.63, 3.8) is 0 Å². The van der Waals surface area contributed by atoms with E-state index in [1.54, 1.807) is 13.3 Å². The molecule has 0 saturated heterocycles. The van der Waals surface area contributed by atoms with E-state index in [-0.39, 0.29) is 11.7 Å². The number of fused-ring (bicyclic) bond motifs is 1. The number of aryl methyl sites for hydroxylation is 2. The van der Waals surface area contributed by atoms with Gasteiger partial charge in [0, 0.05) is 24.5 Å². The molecular formula is C24H24N4O2S. The van der Waals surface area contributed by atoms with Gasteiger partial charge in [0.1, 0.15) is 10.8 Å². The van der Waals surface area contributed by atoms with E-state index >= 15 is 0 Å². The molecule has 0 bridgehead atoms. The molecule has 0 atom stereocenters. The number of methoxy groups -OCH3 is 1. The number of aromatic nitrogens is 3. The van der Waals surface area contributed by atoms with Crippen LogP contribution in [0.4, 0.5) is 0 Å². The van der Waals surface area contributed by atoms with Crippen molar-refractivity contribution in [2.24, 2.45) is 0 Å². The number of ether oxygens (including phenoxy) is 1. The molecule has 31 heavy (non-hydrogen) atoms. The number of benzene rings is 2. The molecule has 2 heterocycles. The van der Waals surface area contributed by atoms with Crippen LogP contribution in [-0.4, -0.2) is 33.4 Å². The Morgan fingerprint density at radius 3 is 2.65 bits per heavy atom. The van der Waals surface area contributed by atoms with Gasteiger partial charge in [-0.05, 0) is 54.8 Å². The Hall–Kier alpha value is -3.32. The summed E-state index contributed by atoms with van der Waals surface area (Å²) in [5.41, 5.74) is 6.36. The van der Waals surface area contributed by atoms with Crippen LogP contribution in [0.1, 0.15) is 16.7 Å². The zero-order chi connectivity index (χ0) is 21.8. The molecule has 4 rings (SSSR count). The van der Waals surface area contributed by atoms with Crippen LogP contribution in [0.25, 0.3) is 16.8 Å². The van der Waals surface area contributed by atoms with E-state index in [2.05, 4.69) is 47.4 Å². The number of hydrogen-bond acceptors (Lipinski definition) is 5. The molecule has 2 aromatic heterocycles. The predicted molar refractivity (Wildman–Crippen MR) is 123 cm³/mol. The third kappa shape index (κ3) is 4.88. The fourth-order valence-corrected chi connectivity index (χ4v) is 3.99. The van der Waals surface area contributed by atoms with Gasteiger partial charge in [-0.1, -0.05) is 36.0 Å². The molecule has 7 heteroatoms. The first-order chi connectivity index (χ1) is 15.0. The first kappa shape index (κ1) is 20.9. The first-order valence-corrected chi connectivity index (χ1v) is 11.0. The standard InChI is InChI=1S/C24H24N4O2S/c1-16-4-7-19(12-17(16)2)21-13-22-24(25-10-11-28(22)27-21)31-15-23(29)26-14-18-5-8-20(30-3)9-6-18/h4-13H,14-15H2,1-3H3,(H,26,29). The molecule has 6 nitrogen and oxygen atoms in total. The average molecular weight is 433 g/mol. The van der Waals surface area contributed by atoms with E-state index < -0.39 is 0 Å². The maximum atomic E-state index is 12.3. The van der Waals surface area contributed by atoms with Crippen molar-refractivity contribution < 1.29 is 9.53 Å². The summed E-state index contributed by atoms with van der Waals surface area (Å²) in [6, 6.07) is 16.0. The minimum absolute atomic E-state index is 0.0430. The van der Waals surface area contributed by atoms with Crippen molar-refractivity contribution in [3.05, 3.63) is 77.6 Å². The molecule has 0 radical (unpaired) electrons. The molecule has 158 valence electrons. The summed E-state index contributed by atoms with van der Waals surface area (Å²) in [7, 11) is 1.63. The maximum absolute atomic E-state index is 12.3. The number of hydrogen-bond donors (Lipinski definition) is 1. The molecule has 0 spiro atoms. The molecule has 0 aliphatic carbocycles. The molecule has 2 aromatic carbocycles. The lowest BCUT2D eigenvalue weighted by atomic mass is 10.0. The van der Waals surface area contributed by atoms with Crippen LogP contribution in [0.15, 0.2) is 66.0 Å². The number of carbonyl (C=O) groups is 1. The quantitative estimate of drug-likeness (QED) is 0.438. The monoisotopic (exact) mass is 432 g/mol. The SMILES string of the molecule is COc1ccc(CNC(=O)CSc2nccn3nc(-c4ccc(C)c(C)c4)cc23)cc1. The molecule has 1 amide bonds. The van der Waals surface area contributed by atoms with Crippen LogP contribution in [0, 0.1) is 13.8 Å². The summed E-state index contributed by atoms with van der Waals surface area (Å²) < 4.78 is 6.97. The highest BCUT2D eigenvalue weighted by atomic mass is 32.2. The summed E-state index contributed by atoms with van der Waals surface area (Å²) in [6.45, 7) is 4.67. The number of thioether (sulfide) groups is 1. The summed E-state index contributed by atoms with van der Waals surface area (Å²) in [5, 5.41) is 8.41. The number of nitrogens with zero attached hydrogens (tertiary/aromatic N) is 3. The Morgan fingerprint density at radius 2 is 1.90 bits per heavy atom. The lowest BCUT2D eigenvalue weighted by Gasteiger charge is -2.06. The van der Waals surface area contributed by atoms with E-state index in [0.717, 1.165) is 33.1 Å². The fourth-order valence-electron chi connectivity index (χ4n) is 3.18. The summed E-state index contributed by atoms with van der Waals surface area (Å²) in [6.07, 6.45) is 3.54. The van der Waals surface area contributed by atoms with E-state index in [1.165, 1.54) is 22.9 Å². The summed E-state index contributed by atoms with van der Waals surface area (Å²) in [5.74, 6) is 1.04. The lowest BCUT2D eigenvalue weighted by molar-refractivity contribution is -0.118. The Morgan fingerprint density at radius 1 is 1.10 bits per heavy atom. The van der Waals surface area contributed by atoms with Gasteiger partial charge >= 0.3 is 0 Å². The predicted octanol–water partition coefficient (Wildman–Crippen LogP) is 4.43. The zero-order valence-corrected chi connectivity index (χ0v) is 18.6. The van der Waals surface area contributed by atoms with E-state index in [4.69, 9.17) is 4.74 Å². The van der Waals surface area contributed by atoms with Crippen LogP contribution < -0.4 is 10.1 Å². The van der Waals surface area contributed by atoms with E-state index in [9.17, 15) is 4.79 Å². The van der Waals surface area contributed by atoms with Gasteiger partial charge in [-0.15, -0.1) is 0 Å². The van der Waals surface area contributed by atoms with E-state index in [1.807, 2.05) is 41.0 Å². The number of nitrogens with one attached hydrogen (secondary N) is 1. The van der Waals surface area contributed by atoms with Crippen molar-refractivity contribution in [2.45, 2.75) is 25.4 Å². The molecule has 0 saturated carbocycles. The highest BCUT2D eigenvalue weighted by Gasteiger charge is 2.12. The molecule has 0 unspecified atom stereocenters. The molecular weight excluding hydrogens is 408 g/mol. The van der Waals surface area contributed by atoms with Gasteiger partial charge < -0.3 is 10.1 Å². The second kappa shape index (κ2) is 9.22. The second-order valence-corrected chi connectivity index (χ2v) is 8.27. The third-order valence-electron chi connectivity index (χ3n) is 5.15. The van der Waals surface area contributed by atoms with Crippen molar-refractivity contribution in [1.82, 2.24) is 19.9 Å². The number of amides is 1. The van der Waals surface area contributed by atoms with Gasteiger partial charge in [0.2, 0.25) is 5.91 Å². The highest BCUT2D eigenvalue weighted by molar-refractivity contribution is 8.00. The van der Waals surface area contributed by atoms with E-state index in [0.29, 0.717) is 6.54 Å². The largest absolute Gasteiger partial charge is 0.497 e. The van der Waals surface area contributed by atoms with Crippen LogP contribution in [0.2, 0.25) is 0 Å². The topological polar surface area (TPSA) is 68.5 Å². The smallest absolute Gasteiger partial charge is 0.230 e. The van der Waals surface area contributed by atoms with Gasteiger partial charge in [-0.3, -0.25) is 4.79 Å². The van der Waals surface area contributed by atoms with Crippen LogP contribution in [0.3, 0.4) is 0 Å². The average Bonchev–Trinajstić information content (AvgIpc) is 3.23. The van der Waals surface area contributed by atoms with Gasteiger partial charge in [0.25, 0.3) is 0 Å².